The van der Waals surface area contributed by atoms with E-state index in [0.29, 0.717) is 0 Å². The summed E-state index contributed by atoms with van der Waals surface area (Å²) in [5, 5.41) is 3.71. The summed E-state index contributed by atoms with van der Waals surface area (Å²) in [7, 11) is 0. The van der Waals surface area contributed by atoms with Crippen LogP contribution in [0, 0.1) is 0 Å². The third-order valence-electron chi connectivity index (χ3n) is 3.15. The zero-order valence-electron chi connectivity index (χ0n) is 10.0. The molecule has 0 atom stereocenters. The first kappa shape index (κ1) is 12.4. The number of benzene rings is 2. The van der Waals surface area contributed by atoms with Crippen LogP contribution in [0.25, 0.3) is 10.4 Å². The molecule has 0 heterocycles. The number of fused-ring (bicyclic) bond motifs is 2. The molecule has 1 aliphatic rings. The van der Waals surface area contributed by atoms with E-state index in [2.05, 4.69) is 10.0 Å². The van der Waals surface area contributed by atoms with E-state index in [0.717, 1.165) is 0 Å². The van der Waals surface area contributed by atoms with Crippen LogP contribution < -0.4 is 0 Å². The van der Waals surface area contributed by atoms with Crippen molar-refractivity contribution in [3.8, 4) is 0 Å². The van der Waals surface area contributed by atoms with Crippen molar-refractivity contribution in [2.24, 2.45) is 5.11 Å². The standard InChI is InChI=1S/C14H6ClN3O2/c15-9-5-1-3-7-11(9)13(19)8-4-2-6-10(17-18-16)12(8)14(7)20/h1-6H. The van der Waals surface area contributed by atoms with Gasteiger partial charge in [0.05, 0.1) is 10.6 Å². The van der Waals surface area contributed by atoms with Gasteiger partial charge >= 0.3 is 0 Å². The van der Waals surface area contributed by atoms with Gasteiger partial charge < -0.3 is 0 Å². The van der Waals surface area contributed by atoms with Gasteiger partial charge in [-0.3, -0.25) is 9.59 Å². The van der Waals surface area contributed by atoms with Gasteiger partial charge in [0.15, 0.2) is 11.6 Å². The molecule has 0 radical (unpaired) electrons. The molecular formula is C14H6ClN3O2. The molecule has 0 aromatic heterocycles. The van der Waals surface area contributed by atoms with E-state index in [9.17, 15) is 9.59 Å². The molecule has 3 rings (SSSR count). The summed E-state index contributed by atoms with van der Waals surface area (Å²) in [4.78, 5) is 27.6. The number of ketones is 2. The molecule has 0 amide bonds. The molecule has 96 valence electrons. The predicted octanol–water partition coefficient (Wildman–Crippen LogP) is 4.06. The average molecular weight is 284 g/mol. The van der Waals surface area contributed by atoms with E-state index in [1.807, 2.05) is 0 Å². The van der Waals surface area contributed by atoms with Crippen molar-refractivity contribution in [3.63, 3.8) is 0 Å². The quantitative estimate of drug-likeness (QED) is 0.383. The summed E-state index contributed by atoms with van der Waals surface area (Å²) in [5.41, 5.74) is 9.47. The number of nitrogens with zero attached hydrogens (tertiary/aromatic N) is 3. The first-order chi connectivity index (χ1) is 9.65. The molecule has 0 spiro atoms. The van der Waals surface area contributed by atoms with Gasteiger partial charge in [-0.25, -0.2) is 0 Å². The van der Waals surface area contributed by atoms with Crippen molar-refractivity contribution in [3.05, 3.63) is 74.1 Å². The van der Waals surface area contributed by atoms with Crippen molar-refractivity contribution in [1.82, 2.24) is 0 Å². The number of carbonyl (C=O) groups is 2. The van der Waals surface area contributed by atoms with Crippen LogP contribution in [0.2, 0.25) is 5.02 Å². The molecule has 0 unspecified atom stereocenters. The summed E-state index contributed by atoms with van der Waals surface area (Å²) in [6.07, 6.45) is 0. The van der Waals surface area contributed by atoms with Crippen LogP contribution in [-0.4, -0.2) is 11.6 Å². The molecule has 6 heteroatoms. The molecule has 2 aromatic carbocycles. The van der Waals surface area contributed by atoms with Crippen LogP contribution in [-0.2, 0) is 0 Å². The van der Waals surface area contributed by atoms with Gasteiger partial charge in [0.2, 0.25) is 0 Å². The lowest BCUT2D eigenvalue weighted by Crippen LogP contribution is -2.21. The summed E-state index contributed by atoms with van der Waals surface area (Å²) in [6, 6.07) is 9.30. The second-order valence-corrected chi connectivity index (χ2v) is 4.62. The van der Waals surface area contributed by atoms with Crippen molar-refractivity contribution in [1.29, 1.82) is 0 Å². The minimum absolute atomic E-state index is 0.130. The number of hydrogen-bond acceptors (Lipinski definition) is 3. The van der Waals surface area contributed by atoms with Gasteiger partial charge in [-0.15, -0.1) is 0 Å². The molecule has 20 heavy (non-hydrogen) atoms. The maximum Gasteiger partial charge on any atom is 0.196 e. The smallest absolute Gasteiger partial charge is 0.196 e. The Labute approximate surface area is 118 Å². The Bertz CT molecular complexity index is 823. The number of halogens is 1. The van der Waals surface area contributed by atoms with Gasteiger partial charge in [-0.1, -0.05) is 47.0 Å². The average Bonchev–Trinajstić information content (AvgIpc) is 2.45. The van der Waals surface area contributed by atoms with Crippen molar-refractivity contribution < 1.29 is 9.59 Å². The minimum Gasteiger partial charge on any atom is -0.289 e. The molecule has 0 fully saturated rings. The Kier molecular flexibility index (Phi) is 2.79. The molecule has 5 nitrogen and oxygen atoms in total. The van der Waals surface area contributed by atoms with Gasteiger partial charge in [-0.05, 0) is 11.6 Å². The van der Waals surface area contributed by atoms with Crippen LogP contribution >= 0.6 is 11.6 Å². The lowest BCUT2D eigenvalue weighted by molar-refractivity contribution is 0.0979. The second-order valence-electron chi connectivity index (χ2n) is 4.21. The summed E-state index contributed by atoms with van der Waals surface area (Å²) in [6.45, 7) is 0. The maximum atomic E-state index is 12.5. The monoisotopic (exact) mass is 283 g/mol. The van der Waals surface area contributed by atoms with Gasteiger partial charge in [0.25, 0.3) is 0 Å². The lowest BCUT2D eigenvalue weighted by Gasteiger charge is -2.19. The summed E-state index contributed by atoms with van der Waals surface area (Å²) >= 11 is 6.01. The van der Waals surface area contributed by atoms with E-state index < -0.39 is 0 Å². The van der Waals surface area contributed by atoms with Gasteiger partial charge in [-0.2, -0.15) is 0 Å². The lowest BCUT2D eigenvalue weighted by atomic mass is 9.83. The Balaban J connectivity index is 2.38. The van der Waals surface area contributed by atoms with Crippen LogP contribution in [0.1, 0.15) is 31.8 Å². The first-order valence-electron chi connectivity index (χ1n) is 5.71. The molecular weight excluding hydrogens is 278 g/mol. The zero-order valence-corrected chi connectivity index (χ0v) is 10.8. The molecule has 0 saturated heterocycles. The Morgan fingerprint density at radius 1 is 0.950 bits per heavy atom. The zero-order chi connectivity index (χ0) is 14.3. The van der Waals surface area contributed by atoms with E-state index in [1.165, 1.54) is 18.2 Å². The van der Waals surface area contributed by atoms with Crippen LogP contribution in [0.15, 0.2) is 41.5 Å². The number of azide groups is 1. The molecule has 0 aliphatic heterocycles. The molecule has 1 aliphatic carbocycles. The predicted molar refractivity (Wildman–Crippen MR) is 73.6 cm³/mol. The van der Waals surface area contributed by atoms with Crippen LogP contribution in [0.4, 0.5) is 5.69 Å². The fourth-order valence-electron chi connectivity index (χ4n) is 2.31. The highest BCUT2D eigenvalue weighted by molar-refractivity contribution is 6.39. The van der Waals surface area contributed by atoms with Crippen molar-refractivity contribution >= 4 is 28.9 Å². The number of hydrogen-bond donors (Lipinski definition) is 0. The Morgan fingerprint density at radius 2 is 1.55 bits per heavy atom. The highest BCUT2D eigenvalue weighted by atomic mass is 35.5. The van der Waals surface area contributed by atoms with Crippen LogP contribution in [0.5, 0.6) is 0 Å². The molecule has 2 aromatic rings. The van der Waals surface area contributed by atoms with Crippen LogP contribution in [0.3, 0.4) is 0 Å². The van der Waals surface area contributed by atoms with Gasteiger partial charge in [0, 0.05) is 27.3 Å². The first-order valence-corrected chi connectivity index (χ1v) is 6.09. The highest BCUT2D eigenvalue weighted by Crippen LogP contribution is 2.35. The summed E-state index contributed by atoms with van der Waals surface area (Å²) < 4.78 is 0. The van der Waals surface area contributed by atoms with E-state index in [1.54, 1.807) is 18.2 Å². The normalized spacial score (nSPS) is 12.4. The third kappa shape index (κ3) is 1.61. The van der Waals surface area contributed by atoms with Gasteiger partial charge in [0.1, 0.15) is 0 Å². The van der Waals surface area contributed by atoms with E-state index in [4.69, 9.17) is 17.1 Å². The minimum atomic E-state index is -0.361. The van der Waals surface area contributed by atoms with E-state index in [-0.39, 0.29) is 44.5 Å². The number of carbonyl (C=O) groups excluding carboxylic acids is 2. The molecule has 0 saturated carbocycles. The Hall–Kier alpha value is -2.62. The maximum absolute atomic E-state index is 12.5. The van der Waals surface area contributed by atoms with Crippen molar-refractivity contribution in [2.45, 2.75) is 0 Å². The van der Waals surface area contributed by atoms with E-state index >= 15 is 0 Å². The molecule has 0 bridgehead atoms. The number of rotatable bonds is 1. The third-order valence-corrected chi connectivity index (χ3v) is 3.47. The Morgan fingerprint density at radius 3 is 2.25 bits per heavy atom. The fourth-order valence-corrected chi connectivity index (χ4v) is 2.57. The molecule has 0 N–H and O–H groups in total. The summed E-state index contributed by atoms with van der Waals surface area (Å²) in [5.74, 6) is -0.699. The second kappa shape index (κ2) is 4.49. The fraction of sp³-hybridized carbons (Fsp3) is 0. The largest absolute Gasteiger partial charge is 0.289 e. The topological polar surface area (TPSA) is 82.9 Å². The van der Waals surface area contributed by atoms with Crippen molar-refractivity contribution in [2.75, 3.05) is 0 Å². The highest BCUT2D eigenvalue weighted by Gasteiger charge is 2.32. The SMILES string of the molecule is [N-]=[N+]=Nc1cccc2c1C(=O)c1cccc(Cl)c1C2=O.